The maximum Gasteiger partial charge on any atom is 0.483 e. The predicted octanol–water partition coefficient (Wildman–Crippen LogP) is 3.34. The van der Waals surface area contributed by atoms with Crippen LogP contribution in [0.25, 0.3) is 0 Å². The third kappa shape index (κ3) is 7.14. The van der Waals surface area contributed by atoms with E-state index in [1.54, 1.807) is 14.2 Å². The fourth-order valence-corrected chi connectivity index (χ4v) is 2.98. The Bertz CT molecular complexity index is 355. The van der Waals surface area contributed by atoms with Crippen LogP contribution < -0.4 is 0 Å². The molecule has 0 aromatic heterocycles. The van der Waals surface area contributed by atoms with E-state index in [4.69, 9.17) is 13.3 Å². The van der Waals surface area contributed by atoms with Crippen molar-refractivity contribution in [1.82, 2.24) is 0 Å². The van der Waals surface area contributed by atoms with E-state index >= 15 is 0 Å². The largest absolute Gasteiger partial charge is 0.483 e. The van der Waals surface area contributed by atoms with Crippen molar-refractivity contribution in [1.29, 1.82) is 0 Å². The molecule has 0 amide bonds. The van der Waals surface area contributed by atoms with Gasteiger partial charge in [-0.3, -0.25) is 0 Å². The fraction of sp³-hybridized carbons (Fsp3) is 0.600. The minimum atomic E-state index is -1.90. The van der Waals surface area contributed by atoms with Crippen LogP contribution in [0.5, 0.6) is 0 Å². The third-order valence-electron chi connectivity index (χ3n) is 3.22. The molecule has 1 aromatic rings. The molecule has 0 aliphatic rings. The van der Waals surface area contributed by atoms with Crippen molar-refractivity contribution in [2.75, 3.05) is 14.2 Å². The van der Waals surface area contributed by atoms with Gasteiger partial charge < -0.3 is 13.3 Å². The molecule has 1 atom stereocenters. The second-order valence-electron chi connectivity index (χ2n) is 4.93. The van der Waals surface area contributed by atoms with Crippen LogP contribution >= 0.6 is 0 Å². The molecule has 0 saturated carbocycles. The Balaban J connectivity index is 2.08. The summed E-state index contributed by atoms with van der Waals surface area (Å²) < 4.78 is 28.7. The van der Waals surface area contributed by atoms with Crippen LogP contribution in [0.15, 0.2) is 24.3 Å². The maximum absolute atomic E-state index is 12.8. The van der Waals surface area contributed by atoms with Gasteiger partial charge in [0.2, 0.25) is 0 Å². The lowest BCUT2D eigenvalue weighted by Gasteiger charge is -2.17. The van der Waals surface area contributed by atoms with E-state index < -0.39 is 9.53 Å². The van der Waals surface area contributed by atoms with Crippen molar-refractivity contribution in [3.8, 4) is 0 Å². The summed E-state index contributed by atoms with van der Waals surface area (Å²) in [5.41, 5.74) is 1.20. The molecule has 0 bridgehead atoms. The number of halogens is 1. The molecule has 3 nitrogen and oxygen atoms in total. The van der Waals surface area contributed by atoms with Crippen molar-refractivity contribution < 1.29 is 17.7 Å². The first kappa shape index (κ1) is 17.3. The number of unbranched alkanes of at least 4 members (excludes halogenated alkanes) is 2. The fourth-order valence-electron chi connectivity index (χ4n) is 2.05. The Kier molecular flexibility index (Phi) is 8.69. The number of hydrogen-bond donors (Lipinski definition) is 0. The molecule has 1 unspecified atom stereocenters. The highest BCUT2D eigenvalue weighted by atomic mass is 28.3. The SMILES string of the molecule is CO[SiH](OC)OC(C)CCCCCc1ccc(F)cc1. The zero-order valence-corrected chi connectivity index (χ0v) is 13.8. The summed E-state index contributed by atoms with van der Waals surface area (Å²) in [6.45, 7) is 2.05. The van der Waals surface area contributed by atoms with Gasteiger partial charge in [-0.05, 0) is 43.9 Å². The highest BCUT2D eigenvalue weighted by Crippen LogP contribution is 2.11. The van der Waals surface area contributed by atoms with Crippen LogP contribution in [0.4, 0.5) is 4.39 Å². The highest BCUT2D eigenvalue weighted by molar-refractivity contribution is 6.36. The van der Waals surface area contributed by atoms with E-state index in [-0.39, 0.29) is 11.9 Å². The number of hydrogen-bond acceptors (Lipinski definition) is 3. The Hall–Kier alpha value is -0.753. The van der Waals surface area contributed by atoms with Crippen molar-refractivity contribution in [3.05, 3.63) is 35.6 Å². The number of rotatable bonds is 10. The molecular formula is C15H25FO3Si. The Morgan fingerprint density at radius 3 is 2.30 bits per heavy atom. The van der Waals surface area contributed by atoms with Crippen LogP contribution in [0.2, 0.25) is 0 Å². The van der Waals surface area contributed by atoms with Crippen molar-refractivity contribution >= 4 is 9.53 Å². The average Bonchev–Trinajstić information content (AvgIpc) is 2.46. The number of benzene rings is 1. The van der Waals surface area contributed by atoms with Crippen molar-refractivity contribution in [3.63, 3.8) is 0 Å². The van der Waals surface area contributed by atoms with Gasteiger partial charge in [-0.25, -0.2) is 4.39 Å². The maximum atomic E-state index is 12.8. The van der Waals surface area contributed by atoms with Crippen LogP contribution in [-0.4, -0.2) is 29.9 Å². The summed E-state index contributed by atoms with van der Waals surface area (Å²) in [5, 5.41) is 0. The lowest BCUT2D eigenvalue weighted by molar-refractivity contribution is 0.0893. The van der Waals surface area contributed by atoms with Gasteiger partial charge in [-0.2, -0.15) is 0 Å². The molecule has 0 N–H and O–H groups in total. The highest BCUT2D eigenvalue weighted by Gasteiger charge is 2.15. The lowest BCUT2D eigenvalue weighted by Crippen LogP contribution is -2.28. The molecular weight excluding hydrogens is 275 g/mol. The molecule has 0 spiro atoms. The molecule has 1 rings (SSSR count). The van der Waals surface area contributed by atoms with Gasteiger partial charge in [0.25, 0.3) is 0 Å². The standard InChI is InChI=1S/C15H25FO3Si/c1-13(19-20(17-2)18-3)7-5-4-6-8-14-9-11-15(16)12-10-14/h9-13,20H,4-8H2,1-3H3. The summed E-state index contributed by atoms with van der Waals surface area (Å²) in [6, 6.07) is 6.75. The molecule has 0 fully saturated rings. The first-order valence-corrected chi connectivity index (χ1v) is 8.52. The molecule has 20 heavy (non-hydrogen) atoms. The minimum absolute atomic E-state index is 0.172. The minimum Gasteiger partial charge on any atom is -0.379 e. The van der Waals surface area contributed by atoms with Crippen LogP contribution in [-0.2, 0) is 19.7 Å². The van der Waals surface area contributed by atoms with E-state index in [1.165, 1.54) is 17.7 Å². The van der Waals surface area contributed by atoms with Crippen molar-refractivity contribution in [2.45, 2.75) is 45.1 Å². The van der Waals surface area contributed by atoms with E-state index in [0.29, 0.717) is 0 Å². The Morgan fingerprint density at radius 2 is 1.70 bits per heavy atom. The van der Waals surface area contributed by atoms with Gasteiger partial charge >= 0.3 is 9.53 Å². The zero-order valence-electron chi connectivity index (χ0n) is 12.6. The average molecular weight is 300 g/mol. The third-order valence-corrected chi connectivity index (χ3v) is 4.67. The van der Waals surface area contributed by atoms with Gasteiger partial charge in [0.05, 0.1) is 0 Å². The molecule has 5 heteroatoms. The van der Waals surface area contributed by atoms with E-state index in [9.17, 15) is 4.39 Å². The Morgan fingerprint density at radius 1 is 1.05 bits per heavy atom. The van der Waals surface area contributed by atoms with E-state index in [2.05, 4.69) is 6.92 Å². The van der Waals surface area contributed by atoms with Gasteiger partial charge in [0.15, 0.2) is 0 Å². The van der Waals surface area contributed by atoms with Crippen LogP contribution in [0.3, 0.4) is 0 Å². The summed E-state index contributed by atoms with van der Waals surface area (Å²) in [5.74, 6) is -0.172. The van der Waals surface area contributed by atoms with Gasteiger partial charge in [-0.1, -0.05) is 25.0 Å². The van der Waals surface area contributed by atoms with Gasteiger partial charge in [0.1, 0.15) is 5.82 Å². The molecule has 0 saturated heterocycles. The van der Waals surface area contributed by atoms with Crippen LogP contribution in [0, 0.1) is 5.82 Å². The smallest absolute Gasteiger partial charge is 0.379 e. The van der Waals surface area contributed by atoms with Gasteiger partial charge in [0, 0.05) is 20.3 Å². The van der Waals surface area contributed by atoms with E-state index in [0.717, 1.165) is 32.1 Å². The predicted molar refractivity (Wildman–Crippen MR) is 80.3 cm³/mol. The van der Waals surface area contributed by atoms with Crippen molar-refractivity contribution in [2.24, 2.45) is 0 Å². The summed E-state index contributed by atoms with van der Waals surface area (Å²) in [4.78, 5) is 0. The monoisotopic (exact) mass is 300 g/mol. The molecule has 114 valence electrons. The lowest BCUT2D eigenvalue weighted by atomic mass is 10.1. The molecule has 0 heterocycles. The molecule has 1 aromatic carbocycles. The Labute approximate surface area is 123 Å². The molecule has 0 aliphatic carbocycles. The van der Waals surface area contributed by atoms with E-state index in [1.807, 2.05) is 12.1 Å². The first-order chi connectivity index (χ1) is 9.65. The first-order valence-electron chi connectivity index (χ1n) is 7.11. The summed E-state index contributed by atoms with van der Waals surface area (Å²) in [6.07, 6.45) is 5.59. The summed E-state index contributed by atoms with van der Waals surface area (Å²) >= 11 is 0. The summed E-state index contributed by atoms with van der Waals surface area (Å²) in [7, 11) is 1.34. The normalized spacial score (nSPS) is 12.8. The quantitative estimate of drug-likeness (QED) is 0.490. The molecule has 0 radical (unpaired) electrons. The van der Waals surface area contributed by atoms with Gasteiger partial charge in [-0.15, -0.1) is 0 Å². The second kappa shape index (κ2) is 10.0. The zero-order chi connectivity index (χ0) is 14.8. The topological polar surface area (TPSA) is 27.7 Å². The van der Waals surface area contributed by atoms with Crippen LogP contribution in [0.1, 0.15) is 38.2 Å². The number of aryl methyl sites for hydroxylation is 1. The molecule has 0 aliphatic heterocycles. The second-order valence-corrected chi connectivity index (χ2v) is 6.72.